The minimum Gasteiger partial charge on any atom is -0.466 e. The summed E-state index contributed by atoms with van der Waals surface area (Å²) in [6, 6.07) is -0.223. The van der Waals surface area contributed by atoms with E-state index in [-0.39, 0.29) is 35.2 Å². The molecular weight excluding hydrogens is 294 g/mol. The van der Waals surface area contributed by atoms with Crippen LogP contribution < -0.4 is 5.32 Å². The molecule has 23 heavy (non-hydrogen) atoms. The lowest BCUT2D eigenvalue weighted by atomic mass is 9.41. The molecule has 3 rings (SSSR count). The lowest BCUT2D eigenvalue weighted by molar-refractivity contribution is -0.181. The summed E-state index contributed by atoms with van der Waals surface area (Å²) >= 11 is 0. The Morgan fingerprint density at radius 2 is 1.83 bits per heavy atom. The van der Waals surface area contributed by atoms with E-state index in [4.69, 9.17) is 9.47 Å². The normalized spacial score (nSPS) is 35.0. The number of hydrogen-bond donors (Lipinski definition) is 1. The van der Waals surface area contributed by atoms with E-state index >= 15 is 0 Å². The summed E-state index contributed by atoms with van der Waals surface area (Å²) in [6.45, 7) is 14.2. The minimum absolute atomic E-state index is 0.127. The summed E-state index contributed by atoms with van der Waals surface area (Å²) in [7, 11) is 0. The van der Waals surface area contributed by atoms with Gasteiger partial charge in [0.25, 0.3) is 0 Å². The van der Waals surface area contributed by atoms with Crippen molar-refractivity contribution in [1.82, 2.24) is 5.32 Å². The summed E-state index contributed by atoms with van der Waals surface area (Å²) in [5, 5.41) is 2.98. The second kappa shape index (κ2) is 5.99. The van der Waals surface area contributed by atoms with Gasteiger partial charge in [0.15, 0.2) is 0 Å². The Bertz CT molecular complexity index is 480. The maximum absolute atomic E-state index is 12.4. The molecule has 5 heteroatoms. The van der Waals surface area contributed by atoms with Crippen molar-refractivity contribution in [3.05, 3.63) is 0 Å². The number of alkyl carbamates (subject to hydrolysis) is 1. The zero-order valence-corrected chi connectivity index (χ0v) is 15.4. The third-order valence-electron chi connectivity index (χ3n) is 5.68. The van der Waals surface area contributed by atoms with Gasteiger partial charge in [-0.1, -0.05) is 20.8 Å². The third kappa shape index (κ3) is 3.33. The van der Waals surface area contributed by atoms with E-state index in [1.54, 1.807) is 0 Å². The number of rotatable bonds is 3. The van der Waals surface area contributed by atoms with Gasteiger partial charge in [-0.3, -0.25) is 4.79 Å². The van der Waals surface area contributed by atoms with E-state index in [0.29, 0.717) is 12.5 Å². The molecule has 0 unspecified atom stereocenters. The summed E-state index contributed by atoms with van der Waals surface area (Å²) < 4.78 is 10.7. The smallest absolute Gasteiger partial charge is 0.407 e. The molecule has 0 aliphatic heterocycles. The summed E-state index contributed by atoms with van der Waals surface area (Å²) in [5.74, 6) is 0.476. The van der Waals surface area contributed by atoms with E-state index in [2.05, 4.69) is 26.1 Å². The molecule has 0 spiro atoms. The van der Waals surface area contributed by atoms with Crippen LogP contribution in [0.15, 0.2) is 0 Å². The molecule has 0 aromatic rings. The molecule has 5 atom stereocenters. The van der Waals surface area contributed by atoms with Crippen molar-refractivity contribution in [3.8, 4) is 0 Å². The first-order valence-corrected chi connectivity index (χ1v) is 8.65. The Morgan fingerprint density at radius 1 is 1.22 bits per heavy atom. The zero-order valence-electron chi connectivity index (χ0n) is 15.4. The van der Waals surface area contributed by atoms with Crippen LogP contribution in [0.4, 0.5) is 4.79 Å². The zero-order chi connectivity index (χ0) is 17.6. The van der Waals surface area contributed by atoms with Gasteiger partial charge in [-0.2, -0.15) is 0 Å². The van der Waals surface area contributed by atoms with Crippen LogP contribution in [0.5, 0.6) is 0 Å². The number of esters is 1. The van der Waals surface area contributed by atoms with Gasteiger partial charge in [0.1, 0.15) is 5.60 Å². The highest BCUT2D eigenvalue weighted by Gasteiger charge is 2.63. The number of amides is 1. The van der Waals surface area contributed by atoms with Crippen LogP contribution in [0, 0.1) is 29.1 Å². The Morgan fingerprint density at radius 3 is 2.30 bits per heavy atom. The van der Waals surface area contributed by atoms with Crippen molar-refractivity contribution < 1.29 is 19.1 Å². The lowest BCUT2D eigenvalue weighted by Crippen LogP contribution is -2.68. The molecule has 0 aromatic carbocycles. The van der Waals surface area contributed by atoms with Gasteiger partial charge < -0.3 is 14.8 Å². The molecular formula is C18H31NO4. The van der Waals surface area contributed by atoms with Crippen molar-refractivity contribution in [3.63, 3.8) is 0 Å². The first-order valence-electron chi connectivity index (χ1n) is 8.65. The molecule has 3 saturated carbocycles. The number of carbonyl (C=O) groups excluding carboxylic acids is 2. The topological polar surface area (TPSA) is 64.6 Å². The van der Waals surface area contributed by atoms with Crippen LogP contribution in [0.25, 0.3) is 0 Å². The van der Waals surface area contributed by atoms with Crippen LogP contribution in [-0.2, 0) is 14.3 Å². The molecule has 0 saturated heterocycles. The first-order chi connectivity index (χ1) is 10.5. The molecule has 3 aliphatic rings. The predicted octanol–water partition coefficient (Wildman–Crippen LogP) is 3.37. The highest BCUT2D eigenvalue weighted by atomic mass is 16.6. The van der Waals surface area contributed by atoms with Gasteiger partial charge in [0, 0.05) is 6.04 Å². The van der Waals surface area contributed by atoms with Crippen LogP contribution >= 0.6 is 0 Å². The first kappa shape index (κ1) is 18.1. The van der Waals surface area contributed by atoms with Gasteiger partial charge in [-0.05, 0) is 57.3 Å². The van der Waals surface area contributed by atoms with Gasteiger partial charge in [-0.25, -0.2) is 4.79 Å². The number of hydrogen-bond acceptors (Lipinski definition) is 4. The second-order valence-corrected chi connectivity index (χ2v) is 8.58. The number of fused-ring (bicyclic) bond motifs is 2. The largest absolute Gasteiger partial charge is 0.466 e. The van der Waals surface area contributed by atoms with Crippen LogP contribution in [0.3, 0.4) is 0 Å². The van der Waals surface area contributed by atoms with E-state index in [0.717, 1.165) is 6.42 Å². The third-order valence-corrected chi connectivity index (χ3v) is 5.68. The Labute approximate surface area is 139 Å². The van der Waals surface area contributed by atoms with Crippen molar-refractivity contribution in [2.45, 2.75) is 66.5 Å². The van der Waals surface area contributed by atoms with Gasteiger partial charge in [0.2, 0.25) is 0 Å². The highest BCUT2D eigenvalue weighted by molar-refractivity contribution is 5.76. The number of nitrogens with one attached hydrogen (secondary N) is 1. The van der Waals surface area contributed by atoms with Crippen LogP contribution in [0.2, 0.25) is 0 Å². The van der Waals surface area contributed by atoms with Crippen molar-refractivity contribution >= 4 is 12.1 Å². The average Bonchev–Trinajstić information content (AvgIpc) is 2.35. The summed E-state index contributed by atoms with van der Waals surface area (Å²) in [5.41, 5.74) is -0.427. The number of ether oxygens (including phenoxy) is 2. The van der Waals surface area contributed by atoms with E-state index in [9.17, 15) is 9.59 Å². The maximum Gasteiger partial charge on any atom is 0.407 e. The Hall–Kier alpha value is -1.26. The van der Waals surface area contributed by atoms with Gasteiger partial charge >= 0.3 is 12.1 Å². The predicted molar refractivity (Wildman–Crippen MR) is 87.8 cm³/mol. The lowest BCUT2D eigenvalue weighted by Gasteiger charge is -2.64. The molecule has 5 nitrogen and oxygen atoms in total. The fourth-order valence-electron chi connectivity index (χ4n) is 4.56. The Kier molecular flexibility index (Phi) is 4.71. The summed E-state index contributed by atoms with van der Waals surface area (Å²) in [6.07, 6.45) is 0.593. The molecule has 3 fully saturated rings. The quantitative estimate of drug-likeness (QED) is 0.808. The molecule has 1 N–H and O–H groups in total. The molecule has 0 radical (unpaired) electrons. The van der Waals surface area contributed by atoms with Crippen LogP contribution in [-0.4, -0.2) is 30.3 Å². The fraction of sp³-hybridized carbons (Fsp3) is 0.889. The Balaban J connectivity index is 2.19. The van der Waals surface area contributed by atoms with Gasteiger partial charge in [-0.15, -0.1) is 0 Å². The molecule has 132 valence electrons. The monoisotopic (exact) mass is 325 g/mol. The minimum atomic E-state index is -0.554. The van der Waals surface area contributed by atoms with E-state index in [1.807, 2.05) is 27.7 Å². The standard InChI is InChI=1S/C18H31NO4/c1-8-22-15(20)13-10(2)11-9-12(18(11,6)7)14(13)19-16(21)23-17(3,4)5/h10-14H,8-9H2,1-7H3,(H,19,21)/t10-,11-,12+,13+,14-/m1/s1. The molecule has 2 bridgehead atoms. The highest BCUT2D eigenvalue weighted by Crippen LogP contribution is 2.63. The van der Waals surface area contributed by atoms with Crippen molar-refractivity contribution in [1.29, 1.82) is 0 Å². The number of carbonyl (C=O) groups is 2. The van der Waals surface area contributed by atoms with Crippen LogP contribution in [0.1, 0.15) is 54.9 Å². The van der Waals surface area contributed by atoms with Crippen molar-refractivity contribution in [2.75, 3.05) is 6.61 Å². The van der Waals surface area contributed by atoms with Crippen molar-refractivity contribution in [2.24, 2.45) is 29.1 Å². The molecule has 1 amide bonds. The molecule has 3 aliphatic carbocycles. The molecule has 0 aromatic heterocycles. The maximum atomic E-state index is 12.4. The summed E-state index contributed by atoms with van der Waals surface area (Å²) in [4.78, 5) is 24.7. The average molecular weight is 325 g/mol. The second-order valence-electron chi connectivity index (χ2n) is 8.58. The van der Waals surface area contributed by atoms with E-state index in [1.165, 1.54) is 0 Å². The van der Waals surface area contributed by atoms with Gasteiger partial charge in [0.05, 0.1) is 12.5 Å². The fourth-order valence-corrected chi connectivity index (χ4v) is 4.56. The SMILES string of the molecule is CCOC(=O)[C@H]1[C@H](C)[C@H]2C[C@@H]([C@H]1NC(=O)OC(C)(C)C)C2(C)C. The van der Waals surface area contributed by atoms with E-state index < -0.39 is 11.7 Å². The molecule has 0 heterocycles.